The van der Waals surface area contributed by atoms with Gasteiger partial charge in [-0.15, -0.1) is 20.4 Å². The maximum absolute atomic E-state index is 6.08. The van der Waals surface area contributed by atoms with E-state index in [1.54, 1.807) is 12.4 Å². The molecule has 2 N–H and O–H groups in total. The Labute approximate surface area is 147 Å². The van der Waals surface area contributed by atoms with Crippen molar-refractivity contribution in [1.29, 1.82) is 0 Å². The zero-order valence-corrected chi connectivity index (χ0v) is 13.8. The van der Waals surface area contributed by atoms with E-state index in [-0.39, 0.29) is 0 Å². The Hall–Kier alpha value is -3.20. The van der Waals surface area contributed by atoms with Crippen molar-refractivity contribution >= 4 is 11.8 Å². The lowest BCUT2D eigenvalue weighted by Crippen LogP contribution is -2.11. The van der Waals surface area contributed by atoms with Crippen LogP contribution in [-0.4, -0.2) is 30.1 Å². The van der Waals surface area contributed by atoms with Crippen LogP contribution in [-0.2, 0) is 5.75 Å². The number of hydrogen-bond donors (Lipinski definition) is 1. The van der Waals surface area contributed by atoms with Crippen LogP contribution in [0.15, 0.2) is 64.4 Å². The van der Waals surface area contributed by atoms with Crippen molar-refractivity contribution in [1.82, 2.24) is 30.1 Å². The third kappa shape index (κ3) is 3.22. The summed E-state index contributed by atoms with van der Waals surface area (Å²) in [7, 11) is 0. The summed E-state index contributed by atoms with van der Waals surface area (Å²) in [5, 5.41) is 16.9. The Morgan fingerprint density at radius 1 is 0.920 bits per heavy atom. The highest BCUT2D eigenvalue weighted by Gasteiger charge is 2.14. The number of pyridine rings is 1. The van der Waals surface area contributed by atoms with Gasteiger partial charge in [0.1, 0.15) is 0 Å². The highest BCUT2D eigenvalue weighted by Crippen LogP contribution is 2.25. The molecular formula is C16H13N7OS. The van der Waals surface area contributed by atoms with Gasteiger partial charge in [-0.3, -0.25) is 4.98 Å². The number of benzene rings is 1. The number of nitrogens with two attached hydrogens (primary N) is 1. The van der Waals surface area contributed by atoms with Crippen LogP contribution in [0.2, 0.25) is 0 Å². The minimum atomic E-state index is 0.450. The van der Waals surface area contributed by atoms with Crippen molar-refractivity contribution in [2.24, 2.45) is 0 Å². The first-order valence-corrected chi connectivity index (χ1v) is 8.41. The van der Waals surface area contributed by atoms with Gasteiger partial charge in [0.25, 0.3) is 0 Å². The van der Waals surface area contributed by atoms with Gasteiger partial charge in [0.2, 0.25) is 16.9 Å². The number of nitrogens with zero attached hydrogens (tertiary/aromatic N) is 6. The molecule has 0 bridgehead atoms. The molecule has 8 nitrogen and oxygen atoms in total. The normalized spacial score (nSPS) is 10.9. The fraction of sp³-hybridized carbons (Fsp3) is 0.0625. The van der Waals surface area contributed by atoms with Crippen LogP contribution >= 0.6 is 11.8 Å². The number of thioether (sulfide) groups is 1. The molecule has 124 valence electrons. The standard InChI is InChI=1S/C16H13N7OS/c17-23-14(11-6-8-18-9-7-11)20-22-16(23)25-10-13-19-21-15(24-13)12-4-2-1-3-5-12/h1-9H,10,17H2. The molecule has 0 saturated heterocycles. The number of hydrogen-bond acceptors (Lipinski definition) is 8. The quantitative estimate of drug-likeness (QED) is 0.431. The van der Waals surface area contributed by atoms with Gasteiger partial charge in [-0.1, -0.05) is 30.0 Å². The zero-order chi connectivity index (χ0) is 17.1. The summed E-state index contributed by atoms with van der Waals surface area (Å²) in [6.07, 6.45) is 3.36. The van der Waals surface area contributed by atoms with E-state index in [9.17, 15) is 0 Å². The van der Waals surface area contributed by atoms with E-state index in [1.807, 2.05) is 42.5 Å². The van der Waals surface area contributed by atoms with Crippen LogP contribution in [0.1, 0.15) is 5.89 Å². The second-order valence-corrected chi connectivity index (χ2v) is 6.01. The first kappa shape index (κ1) is 15.3. The largest absolute Gasteiger partial charge is 0.420 e. The molecule has 25 heavy (non-hydrogen) atoms. The molecule has 3 heterocycles. The van der Waals surface area contributed by atoms with Gasteiger partial charge in [0.15, 0.2) is 5.82 Å². The molecule has 4 rings (SSSR count). The van der Waals surface area contributed by atoms with E-state index in [4.69, 9.17) is 10.3 Å². The number of nitrogen functional groups attached to an aromatic ring is 1. The van der Waals surface area contributed by atoms with E-state index in [1.165, 1.54) is 16.4 Å². The smallest absolute Gasteiger partial charge is 0.247 e. The van der Waals surface area contributed by atoms with Crippen LogP contribution in [0.25, 0.3) is 22.8 Å². The minimum Gasteiger partial charge on any atom is -0.420 e. The molecule has 4 aromatic rings. The Morgan fingerprint density at radius 3 is 2.52 bits per heavy atom. The van der Waals surface area contributed by atoms with Crippen LogP contribution in [0, 0.1) is 0 Å². The first-order valence-electron chi connectivity index (χ1n) is 7.43. The van der Waals surface area contributed by atoms with Crippen molar-refractivity contribution in [2.45, 2.75) is 10.9 Å². The van der Waals surface area contributed by atoms with Crippen LogP contribution in [0.4, 0.5) is 0 Å². The molecule has 0 atom stereocenters. The van der Waals surface area contributed by atoms with Crippen molar-refractivity contribution in [3.05, 3.63) is 60.7 Å². The van der Waals surface area contributed by atoms with Crippen molar-refractivity contribution in [3.63, 3.8) is 0 Å². The molecular weight excluding hydrogens is 338 g/mol. The molecule has 9 heteroatoms. The van der Waals surface area contributed by atoms with Gasteiger partial charge in [0, 0.05) is 23.5 Å². The van der Waals surface area contributed by atoms with E-state index in [0.29, 0.717) is 28.5 Å². The molecule has 1 aromatic carbocycles. The van der Waals surface area contributed by atoms with Crippen molar-refractivity contribution in [3.8, 4) is 22.8 Å². The Bertz CT molecular complexity index is 969. The Kier molecular flexibility index (Phi) is 4.13. The van der Waals surface area contributed by atoms with E-state index < -0.39 is 0 Å². The summed E-state index contributed by atoms with van der Waals surface area (Å²) in [6, 6.07) is 13.3. The van der Waals surface area contributed by atoms with Gasteiger partial charge >= 0.3 is 0 Å². The summed E-state index contributed by atoms with van der Waals surface area (Å²) in [5.74, 6) is 8.09. The average Bonchev–Trinajstić information content (AvgIpc) is 3.28. The molecule has 0 amide bonds. The number of rotatable bonds is 5. The van der Waals surface area contributed by atoms with Gasteiger partial charge in [-0.2, -0.15) is 0 Å². The summed E-state index contributed by atoms with van der Waals surface area (Å²) in [4.78, 5) is 3.98. The van der Waals surface area contributed by atoms with Gasteiger partial charge in [-0.05, 0) is 24.3 Å². The lowest BCUT2D eigenvalue weighted by atomic mass is 10.2. The predicted octanol–water partition coefficient (Wildman–Crippen LogP) is 2.40. The third-order valence-electron chi connectivity index (χ3n) is 3.42. The second-order valence-electron chi connectivity index (χ2n) is 5.07. The van der Waals surface area contributed by atoms with Gasteiger partial charge < -0.3 is 10.3 Å². The molecule has 0 radical (unpaired) electrons. The monoisotopic (exact) mass is 351 g/mol. The minimum absolute atomic E-state index is 0.450. The van der Waals surface area contributed by atoms with E-state index in [0.717, 1.165) is 11.1 Å². The fourth-order valence-electron chi connectivity index (χ4n) is 2.21. The maximum atomic E-state index is 6.08. The summed E-state index contributed by atoms with van der Waals surface area (Å²) < 4.78 is 7.11. The van der Waals surface area contributed by atoms with Crippen molar-refractivity contribution in [2.75, 3.05) is 5.84 Å². The average molecular weight is 351 g/mol. The topological polar surface area (TPSA) is 109 Å². The molecule has 3 aromatic heterocycles. The summed E-state index contributed by atoms with van der Waals surface area (Å²) in [5.41, 5.74) is 1.73. The second kappa shape index (κ2) is 6.73. The first-order chi connectivity index (χ1) is 12.3. The zero-order valence-electron chi connectivity index (χ0n) is 13.0. The van der Waals surface area contributed by atoms with E-state index >= 15 is 0 Å². The Morgan fingerprint density at radius 2 is 1.72 bits per heavy atom. The van der Waals surface area contributed by atoms with Crippen molar-refractivity contribution < 1.29 is 4.42 Å². The van der Waals surface area contributed by atoms with Gasteiger partial charge in [0.05, 0.1) is 5.75 Å². The SMILES string of the molecule is Nn1c(SCc2nnc(-c3ccccc3)o2)nnc1-c1ccncc1. The molecule has 0 unspecified atom stereocenters. The lowest BCUT2D eigenvalue weighted by molar-refractivity contribution is 0.528. The molecule has 0 aliphatic heterocycles. The lowest BCUT2D eigenvalue weighted by Gasteiger charge is -2.02. The van der Waals surface area contributed by atoms with Gasteiger partial charge in [-0.25, -0.2) is 4.68 Å². The molecule has 0 aliphatic rings. The maximum Gasteiger partial charge on any atom is 0.247 e. The molecule has 0 spiro atoms. The van der Waals surface area contributed by atoms with E-state index in [2.05, 4.69) is 25.4 Å². The Balaban J connectivity index is 1.48. The fourth-order valence-corrected chi connectivity index (χ4v) is 2.90. The molecule has 0 aliphatic carbocycles. The highest BCUT2D eigenvalue weighted by atomic mass is 32.2. The van der Waals surface area contributed by atoms with Crippen LogP contribution in [0.3, 0.4) is 0 Å². The molecule has 0 saturated carbocycles. The highest BCUT2D eigenvalue weighted by molar-refractivity contribution is 7.98. The van der Waals surface area contributed by atoms with Crippen LogP contribution < -0.4 is 5.84 Å². The summed E-state index contributed by atoms with van der Waals surface area (Å²) >= 11 is 1.38. The summed E-state index contributed by atoms with van der Waals surface area (Å²) in [6.45, 7) is 0. The predicted molar refractivity (Wildman–Crippen MR) is 92.7 cm³/mol. The number of aromatic nitrogens is 6. The van der Waals surface area contributed by atoms with Crippen LogP contribution in [0.5, 0.6) is 0 Å². The molecule has 0 fully saturated rings. The third-order valence-corrected chi connectivity index (χ3v) is 4.34.